The lowest BCUT2D eigenvalue weighted by atomic mass is 10.1. The molecule has 7 nitrogen and oxygen atoms in total. The second kappa shape index (κ2) is 9.70. The fraction of sp³-hybridized carbons (Fsp3) is 0.280. The quantitative estimate of drug-likeness (QED) is 0.431. The summed E-state index contributed by atoms with van der Waals surface area (Å²) in [5.74, 6) is 1.66. The molecule has 2 aromatic carbocycles. The van der Waals surface area contributed by atoms with E-state index in [0.717, 1.165) is 41.5 Å². The van der Waals surface area contributed by atoms with E-state index in [1.807, 2.05) is 49.4 Å². The molecule has 0 atom stereocenters. The van der Waals surface area contributed by atoms with Crippen molar-refractivity contribution in [1.29, 1.82) is 0 Å². The van der Waals surface area contributed by atoms with E-state index < -0.39 is 0 Å². The van der Waals surface area contributed by atoms with Crippen molar-refractivity contribution in [3.8, 4) is 22.8 Å². The number of ether oxygens (including phenoxy) is 2. The zero-order valence-electron chi connectivity index (χ0n) is 18.7. The Bertz CT molecular complexity index is 1230. The third-order valence-corrected chi connectivity index (χ3v) is 5.38. The van der Waals surface area contributed by atoms with Crippen molar-refractivity contribution in [3.05, 3.63) is 82.3 Å². The van der Waals surface area contributed by atoms with Crippen LogP contribution in [0.3, 0.4) is 0 Å². The summed E-state index contributed by atoms with van der Waals surface area (Å²) in [5.41, 5.74) is 4.22. The molecule has 2 heterocycles. The molecular formula is C25H28N4O3. The van der Waals surface area contributed by atoms with Crippen LogP contribution in [0.2, 0.25) is 0 Å². The second-order valence-corrected chi connectivity index (χ2v) is 7.56. The molecule has 0 spiro atoms. The Labute approximate surface area is 187 Å². The number of nitrogens with one attached hydrogen (secondary N) is 1. The Morgan fingerprint density at radius 3 is 2.34 bits per heavy atom. The summed E-state index contributed by atoms with van der Waals surface area (Å²) in [6.45, 7) is 6.95. The van der Waals surface area contributed by atoms with Crippen LogP contribution in [0.25, 0.3) is 16.9 Å². The van der Waals surface area contributed by atoms with Crippen molar-refractivity contribution in [3.63, 3.8) is 0 Å². The minimum absolute atomic E-state index is 0.123. The summed E-state index contributed by atoms with van der Waals surface area (Å²) in [7, 11) is 1.64. The number of nitrogens with zero attached hydrogens (tertiary/aromatic N) is 3. The van der Waals surface area contributed by atoms with Crippen molar-refractivity contribution in [2.24, 2.45) is 0 Å². The van der Waals surface area contributed by atoms with Crippen LogP contribution < -0.4 is 15.0 Å². The molecule has 0 aliphatic rings. The SMILES string of the molecule is CCOc1ccc(CN(CC)Cc2cc(=O)n3[nH]c(-c4ccc(OC)cc4)cc3n2)cc1. The molecule has 32 heavy (non-hydrogen) atoms. The highest BCUT2D eigenvalue weighted by atomic mass is 16.5. The normalized spacial score (nSPS) is 11.2. The van der Waals surface area contributed by atoms with Gasteiger partial charge in [-0.1, -0.05) is 19.1 Å². The van der Waals surface area contributed by atoms with Gasteiger partial charge in [0.15, 0.2) is 5.65 Å². The topological polar surface area (TPSA) is 71.9 Å². The Kier molecular flexibility index (Phi) is 6.56. The van der Waals surface area contributed by atoms with Crippen molar-refractivity contribution < 1.29 is 9.47 Å². The van der Waals surface area contributed by atoms with Gasteiger partial charge >= 0.3 is 0 Å². The van der Waals surface area contributed by atoms with Gasteiger partial charge in [0.2, 0.25) is 0 Å². The van der Waals surface area contributed by atoms with E-state index in [1.165, 1.54) is 10.1 Å². The number of fused-ring (bicyclic) bond motifs is 1. The van der Waals surface area contributed by atoms with E-state index >= 15 is 0 Å². The Morgan fingerprint density at radius 1 is 0.969 bits per heavy atom. The molecule has 0 radical (unpaired) electrons. The first-order valence-electron chi connectivity index (χ1n) is 10.8. The maximum absolute atomic E-state index is 12.7. The fourth-order valence-electron chi connectivity index (χ4n) is 3.66. The molecule has 0 unspecified atom stereocenters. The highest BCUT2D eigenvalue weighted by Crippen LogP contribution is 2.22. The molecule has 0 saturated carbocycles. The van der Waals surface area contributed by atoms with Crippen molar-refractivity contribution in [2.75, 3.05) is 20.3 Å². The van der Waals surface area contributed by atoms with Crippen molar-refractivity contribution in [2.45, 2.75) is 26.9 Å². The van der Waals surface area contributed by atoms with Crippen LogP contribution in [0.4, 0.5) is 0 Å². The van der Waals surface area contributed by atoms with Gasteiger partial charge in [-0.3, -0.25) is 14.8 Å². The summed E-state index contributed by atoms with van der Waals surface area (Å²) >= 11 is 0. The van der Waals surface area contributed by atoms with E-state index in [-0.39, 0.29) is 5.56 Å². The van der Waals surface area contributed by atoms with Gasteiger partial charge in [0.25, 0.3) is 5.56 Å². The summed E-state index contributed by atoms with van der Waals surface area (Å²) in [4.78, 5) is 19.7. The van der Waals surface area contributed by atoms with Crippen LogP contribution in [0.15, 0.2) is 65.5 Å². The van der Waals surface area contributed by atoms with Crippen LogP contribution in [0.5, 0.6) is 11.5 Å². The molecule has 0 amide bonds. The highest BCUT2D eigenvalue weighted by Gasteiger charge is 2.11. The average molecular weight is 433 g/mol. The molecule has 0 aliphatic carbocycles. The lowest BCUT2D eigenvalue weighted by Crippen LogP contribution is -2.25. The second-order valence-electron chi connectivity index (χ2n) is 7.56. The Hall–Kier alpha value is -3.58. The Morgan fingerprint density at radius 2 is 1.69 bits per heavy atom. The van der Waals surface area contributed by atoms with Crippen molar-refractivity contribution >= 4 is 5.65 Å². The lowest BCUT2D eigenvalue weighted by Gasteiger charge is -2.20. The fourth-order valence-corrected chi connectivity index (χ4v) is 3.66. The highest BCUT2D eigenvalue weighted by molar-refractivity contribution is 5.64. The van der Waals surface area contributed by atoms with Gasteiger partial charge in [0.1, 0.15) is 11.5 Å². The number of benzene rings is 2. The van der Waals surface area contributed by atoms with Crippen LogP contribution in [-0.4, -0.2) is 39.8 Å². The molecule has 1 N–H and O–H groups in total. The monoisotopic (exact) mass is 432 g/mol. The number of aromatic amines is 1. The Balaban J connectivity index is 1.53. The molecule has 0 aliphatic heterocycles. The molecular weight excluding hydrogens is 404 g/mol. The van der Waals surface area contributed by atoms with Crippen molar-refractivity contribution in [1.82, 2.24) is 19.5 Å². The van der Waals surface area contributed by atoms with Gasteiger partial charge in [-0.05, 0) is 61.0 Å². The van der Waals surface area contributed by atoms with Gasteiger partial charge < -0.3 is 9.47 Å². The predicted octanol–water partition coefficient (Wildman–Crippen LogP) is 4.12. The molecule has 4 aromatic rings. The zero-order chi connectivity index (χ0) is 22.5. The summed E-state index contributed by atoms with van der Waals surface area (Å²) < 4.78 is 12.2. The summed E-state index contributed by atoms with van der Waals surface area (Å²) in [6, 6.07) is 19.3. The van der Waals surface area contributed by atoms with Gasteiger partial charge in [0.05, 0.1) is 25.1 Å². The third kappa shape index (κ3) is 4.84. The minimum Gasteiger partial charge on any atom is -0.497 e. The van der Waals surface area contributed by atoms with E-state index in [2.05, 4.69) is 29.1 Å². The van der Waals surface area contributed by atoms with Crippen LogP contribution >= 0.6 is 0 Å². The average Bonchev–Trinajstić information content (AvgIpc) is 3.25. The first-order valence-corrected chi connectivity index (χ1v) is 10.8. The third-order valence-electron chi connectivity index (χ3n) is 5.38. The first-order chi connectivity index (χ1) is 15.6. The van der Waals surface area contributed by atoms with E-state index in [1.54, 1.807) is 13.2 Å². The van der Waals surface area contributed by atoms with Crippen LogP contribution in [0, 0.1) is 0 Å². The molecule has 0 saturated heterocycles. The molecule has 0 fully saturated rings. The molecule has 7 heteroatoms. The van der Waals surface area contributed by atoms with Crippen LogP contribution in [0.1, 0.15) is 25.1 Å². The smallest absolute Gasteiger partial charge is 0.272 e. The minimum atomic E-state index is -0.123. The van der Waals surface area contributed by atoms with Gasteiger partial charge in [0, 0.05) is 25.2 Å². The van der Waals surface area contributed by atoms with Gasteiger partial charge in [-0.25, -0.2) is 9.50 Å². The molecule has 2 aromatic heterocycles. The first kappa shape index (κ1) is 21.6. The predicted molar refractivity (Wildman–Crippen MR) is 125 cm³/mol. The maximum Gasteiger partial charge on any atom is 0.272 e. The van der Waals surface area contributed by atoms with E-state index in [0.29, 0.717) is 18.8 Å². The number of hydrogen-bond donors (Lipinski definition) is 1. The number of methoxy groups -OCH3 is 1. The molecule has 166 valence electrons. The number of H-pyrrole nitrogens is 1. The summed E-state index contributed by atoms with van der Waals surface area (Å²) in [5, 5.41) is 3.14. The molecule has 4 rings (SSSR count). The number of rotatable bonds is 9. The van der Waals surface area contributed by atoms with E-state index in [4.69, 9.17) is 14.5 Å². The molecule has 0 bridgehead atoms. The number of hydrogen-bond acceptors (Lipinski definition) is 5. The lowest BCUT2D eigenvalue weighted by molar-refractivity contribution is 0.268. The summed E-state index contributed by atoms with van der Waals surface area (Å²) in [6.07, 6.45) is 0. The maximum atomic E-state index is 12.7. The standard InChI is InChI=1S/C25H28N4O3/c1-4-28(16-18-6-10-22(11-7-18)32-5-2)17-20-14-25(30)29-24(26-20)15-23(27-29)19-8-12-21(31-3)13-9-19/h6-15,27H,4-5,16-17H2,1-3H3. The zero-order valence-corrected chi connectivity index (χ0v) is 18.7. The van der Waals surface area contributed by atoms with E-state index in [9.17, 15) is 4.79 Å². The van der Waals surface area contributed by atoms with Gasteiger partial charge in [-0.15, -0.1) is 0 Å². The largest absolute Gasteiger partial charge is 0.497 e. The number of aromatic nitrogens is 3. The van der Waals surface area contributed by atoms with Gasteiger partial charge in [-0.2, -0.15) is 0 Å². The van der Waals surface area contributed by atoms with Crippen LogP contribution in [-0.2, 0) is 13.1 Å².